The molecule has 3 nitrogen and oxygen atoms in total. The first-order chi connectivity index (χ1) is 7.36. The van der Waals surface area contributed by atoms with Crippen molar-refractivity contribution in [2.75, 3.05) is 0 Å². The van der Waals surface area contributed by atoms with Gasteiger partial charge in [-0.1, -0.05) is 18.2 Å². The zero-order valence-corrected chi connectivity index (χ0v) is 8.74. The van der Waals surface area contributed by atoms with Crippen LogP contribution in [0.3, 0.4) is 0 Å². The van der Waals surface area contributed by atoms with Gasteiger partial charge in [-0.25, -0.2) is 4.52 Å². The highest BCUT2D eigenvalue weighted by Gasteiger charge is 2.04. The molecule has 0 radical (unpaired) electrons. The second kappa shape index (κ2) is 3.10. The number of benzene rings is 1. The number of rotatable bonds is 1. The van der Waals surface area contributed by atoms with E-state index in [4.69, 9.17) is 12.2 Å². The second-order valence-corrected chi connectivity index (χ2v) is 3.71. The summed E-state index contributed by atoms with van der Waals surface area (Å²) in [5, 5.41) is 3.10. The molecule has 1 N–H and O–H groups in total. The van der Waals surface area contributed by atoms with Crippen LogP contribution in [0.15, 0.2) is 48.7 Å². The molecule has 4 heteroatoms. The summed E-state index contributed by atoms with van der Waals surface area (Å²) in [7, 11) is 0. The Kier molecular flexibility index (Phi) is 1.76. The van der Waals surface area contributed by atoms with Crippen LogP contribution < -0.4 is 0 Å². The van der Waals surface area contributed by atoms with E-state index >= 15 is 0 Å². The third-order valence-corrected chi connectivity index (χ3v) is 2.66. The molecule has 0 atom stereocenters. The van der Waals surface area contributed by atoms with Crippen LogP contribution in [0.1, 0.15) is 0 Å². The van der Waals surface area contributed by atoms with Gasteiger partial charge < -0.3 is 0 Å². The number of aromatic amines is 1. The lowest BCUT2D eigenvalue weighted by Crippen LogP contribution is -1.92. The van der Waals surface area contributed by atoms with Gasteiger partial charge in [0, 0.05) is 11.9 Å². The Bertz CT molecular complexity index is 645. The normalized spacial score (nSPS) is 10.9. The molecule has 1 aromatic carbocycles. The van der Waals surface area contributed by atoms with Crippen molar-refractivity contribution < 1.29 is 0 Å². The summed E-state index contributed by atoms with van der Waals surface area (Å²) in [6.07, 6.45) is 1.95. The molecule has 0 saturated carbocycles. The van der Waals surface area contributed by atoms with Gasteiger partial charge in [-0.3, -0.25) is 9.67 Å². The number of fused-ring (bicyclic) bond motifs is 1. The number of hydrogen-bond donors (Lipinski definition) is 1. The molecule has 0 unspecified atom stereocenters. The largest absolute Gasteiger partial charge is 0.270 e. The lowest BCUT2D eigenvalue weighted by molar-refractivity contribution is 0.960. The monoisotopic (exact) mass is 215 g/mol. The predicted octanol–water partition coefficient (Wildman–Crippen LogP) is 2.79. The Morgan fingerprint density at radius 1 is 1.00 bits per heavy atom. The Labute approximate surface area is 91.6 Å². The maximum absolute atomic E-state index is 5.28. The molecule has 3 rings (SSSR count). The Morgan fingerprint density at radius 3 is 2.60 bits per heavy atom. The fourth-order valence-electron chi connectivity index (χ4n) is 1.73. The van der Waals surface area contributed by atoms with E-state index in [0.29, 0.717) is 4.77 Å². The molecule has 0 amide bonds. The van der Waals surface area contributed by atoms with Crippen LogP contribution in [0, 0.1) is 4.77 Å². The minimum atomic E-state index is 0.705. The van der Waals surface area contributed by atoms with Crippen molar-refractivity contribution in [1.82, 2.24) is 14.2 Å². The molecule has 3 aromatic rings. The number of aromatic nitrogens is 3. The van der Waals surface area contributed by atoms with Gasteiger partial charge in [-0.2, -0.15) is 0 Å². The van der Waals surface area contributed by atoms with Crippen LogP contribution in [0.25, 0.3) is 11.3 Å². The molecular formula is C11H9N3S. The molecule has 0 aliphatic carbocycles. The van der Waals surface area contributed by atoms with Crippen LogP contribution in [0.5, 0.6) is 0 Å². The first-order valence-electron chi connectivity index (χ1n) is 4.70. The Hall–Kier alpha value is -1.81. The van der Waals surface area contributed by atoms with Gasteiger partial charge >= 0.3 is 0 Å². The summed E-state index contributed by atoms with van der Waals surface area (Å²) in [5.74, 6) is 0. The molecule has 0 aliphatic rings. The van der Waals surface area contributed by atoms with Gasteiger partial charge in [0.25, 0.3) is 0 Å². The predicted molar refractivity (Wildman–Crippen MR) is 61.9 cm³/mol. The molecule has 0 aliphatic heterocycles. The summed E-state index contributed by atoms with van der Waals surface area (Å²) >= 11 is 5.28. The summed E-state index contributed by atoms with van der Waals surface area (Å²) in [6, 6.07) is 14.1. The van der Waals surface area contributed by atoms with Crippen LogP contribution in [-0.2, 0) is 0 Å². The van der Waals surface area contributed by atoms with E-state index in [9.17, 15) is 0 Å². The molecule has 2 aromatic heterocycles. The van der Waals surface area contributed by atoms with E-state index in [0.717, 1.165) is 11.3 Å². The Morgan fingerprint density at radius 2 is 1.80 bits per heavy atom. The van der Waals surface area contributed by atoms with E-state index in [2.05, 4.69) is 5.10 Å². The van der Waals surface area contributed by atoms with Crippen molar-refractivity contribution in [1.29, 1.82) is 0 Å². The highest BCUT2D eigenvalue weighted by Crippen LogP contribution is 2.13. The summed E-state index contributed by atoms with van der Waals surface area (Å²) in [4.78, 5) is 0. The van der Waals surface area contributed by atoms with Gasteiger partial charge in [0.2, 0.25) is 0 Å². The topological polar surface area (TPSA) is 25.1 Å². The maximum Gasteiger partial charge on any atom is 0.198 e. The fourth-order valence-corrected chi connectivity index (χ4v) is 2.03. The van der Waals surface area contributed by atoms with Crippen LogP contribution in [0.2, 0.25) is 0 Å². The Balaban J connectivity index is 2.39. The molecule has 15 heavy (non-hydrogen) atoms. The van der Waals surface area contributed by atoms with E-state index < -0.39 is 0 Å². The highest BCUT2D eigenvalue weighted by atomic mass is 32.1. The average Bonchev–Trinajstić information content (AvgIpc) is 2.78. The molecule has 0 spiro atoms. The van der Waals surface area contributed by atoms with Crippen molar-refractivity contribution in [2.45, 2.75) is 0 Å². The van der Waals surface area contributed by atoms with E-state index in [1.807, 2.05) is 57.7 Å². The molecule has 0 saturated heterocycles. The fraction of sp³-hybridized carbons (Fsp3) is 0. The number of nitrogens with zero attached hydrogens (tertiary/aromatic N) is 2. The molecule has 74 valence electrons. The lowest BCUT2D eigenvalue weighted by Gasteiger charge is -2.00. The smallest absolute Gasteiger partial charge is 0.198 e. The van der Waals surface area contributed by atoms with E-state index in [1.165, 1.54) is 0 Å². The standard InChI is InChI=1S/C11H9N3S/c15-11-12-13-8-4-7-10(13)14(11)9-5-2-1-3-6-9/h1-8H,(H,12,15). The second-order valence-electron chi connectivity index (χ2n) is 3.32. The van der Waals surface area contributed by atoms with Crippen molar-refractivity contribution >= 4 is 17.9 Å². The maximum atomic E-state index is 5.28. The average molecular weight is 215 g/mol. The molecule has 0 fully saturated rings. The van der Waals surface area contributed by atoms with Gasteiger partial charge in [0.15, 0.2) is 4.77 Å². The number of H-pyrrole nitrogens is 1. The number of hydrogen-bond acceptors (Lipinski definition) is 1. The van der Waals surface area contributed by atoms with E-state index in [-0.39, 0.29) is 0 Å². The summed E-state index contributed by atoms with van der Waals surface area (Å²) in [5.41, 5.74) is 2.12. The molecular weight excluding hydrogens is 206 g/mol. The van der Waals surface area contributed by atoms with Crippen molar-refractivity contribution in [2.24, 2.45) is 0 Å². The van der Waals surface area contributed by atoms with Gasteiger partial charge in [-0.15, -0.1) is 0 Å². The van der Waals surface area contributed by atoms with Crippen LogP contribution in [-0.4, -0.2) is 14.2 Å². The van der Waals surface area contributed by atoms with Gasteiger partial charge in [0.1, 0.15) is 5.65 Å². The first-order valence-corrected chi connectivity index (χ1v) is 5.10. The zero-order valence-electron chi connectivity index (χ0n) is 7.92. The van der Waals surface area contributed by atoms with Crippen LogP contribution >= 0.6 is 12.2 Å². The third kappa shape index (κ3) is 1.22. The van der Waals surface area contributed by atoms with Crippen molar-refractivity contribution in [3.8, 4) is 5.69 Å². The number of para-hydroxylation sites is 1. The summed E-state index contributed by atoms with van der Waals surface area (Å²) in [6.45, 7) is 0. The van der Waals surface area contributed by atoms with Gasteiger partial charge in [-0.05, 0) is 36.5 Å². The SMILES string of the molecule is S=c1[nH]n2cccc2n1-c1ccccc1. The molecule has 2 heterocycles. The number of nitrogens with one attached hydrogen (secondary N) is 1. The molecule has 0 bridgehead atoms. The van der Waals surface area contributed by atoms with Gasteiger partial charge in [0.05, 0.1) is 0 Å². The zero-order chi connectivity index (χ0) is 10.3. The summed E-state index contributed by atoms with van der Waals surface area (Å²) < 4.78 is 4.63. The quantitative estimate of drug-likeness (QED) is 0.620. The van der Waals surface area contributed by atoms with Crippen molar-refractivity contribution in [3.63, 3.8) is 0 Å². The lowest BCUT2D eigenvalue weighted by atomic mass is 10.3. The minimum absolute atomic E-state index is 0.705. The first kappa shape index (κ1) is 8.49. The van der Waals surface area contributed by atoms with Crippen LogP contribution in [0.4, 0.5) is 0 Å². The van der Waals surface area contributed by atoms with Crippen molar-refractivity contribution in [3.05, 3.63) is 53.4 Å². The minimum Gasteiger partial charge on any atom is -0.270 e. The van der Waals surface area contributed by atoms with E-state index in [1.54, 1.807) is 0 Å². The highest BCUT2D eigenvalue weighted by molar-refractivity contribution is 7.71. The third-order valence-electron chi connectivity index (χ3n) is 2.39.